The van der Waals surface area contributed by atoms with Crippen LogP contribution in [0.3, 0.4) is 0 Å². The molecule has 0 aliphatic carbocycles. The molecule has 0 aromatic heterocycles. The number of hydrogen-bond acceptors (Lipinski definition) is 3. The number of rotatable bonds is 2. The van der Waals surface area contributed by atoms with Crippen LogP contribution < -0.4 is 0 Å². The van der Waals surface area contributed by atoms with E-state index >= 15 is 0 Å². The van der Waals surface area contributed by atoms with Crippen molar-refractivity contribution in [1.29, 1.82) is 0 Å². The third-order valence-corrected chi connectivity index (χ3v) is 3.89. The zero-order chi connectivity index (χ0) is 12.7. The van der Waals surface area contributed by atoms with Crippen LogP contribution in [0.25, 0.3) is 0 Å². The smallest absolute Gasteiger partial charge is 0.258 e. The molecule has 2 fully saturated rings. The molecule has 3 rings (SSSR count). The number of halogens is 1. The summed E-state index contributed by atoms with van der Waals surface area (Å²) in [7, 11) is 0. The van der Waals surface area contributed by atoms with Gasteiger partial charge in [0.05, 0.1) is 6.54 Å². The van der Waals surface area contributed by atoms with E-state index in [0.29, 0.717) is 19.4 Å². The van der Waals surface area contributed by atoms with Crippen LogP contribution in [-0.4, -0.2) is 28.9 Å². The van der Waals surface area contributed by atoms with E-state index < -0.39 is 12.2 Å². The van der Waals surface area contributed by atoms with Crippen LogP contribution in [0.4, 0.5) is 0 Å². The topological polar surface area (TPSA) is 46.6 Å². The Morgan fingerprint density at radius 2 is 1.67 bits per heavy atom. The maximum Gasteiger partial charge on any atom is 0.258 e. The van der Waals surface area contributed by atoms with Gasteiger partial charge in [-0.2, -0.15) is 0 Å². The summed E-state index contributed by atoms with van der Waals surface area (Å²) < 4.78 is 6.34. The number of imide groups is 1. The van der Waals surface area contributed by atoms with Crippen molar-refractivity contribution < 1.29 is 14.3 Å². The summed E-state index contributed by atoms with van der Waals surface area (Å²) >= 11 is 3.36. The van der Waals surface area contributed by atoms with Gasteiger partial charge in [0.15, 0.2) is 0 Å². The Morgan fingerprint density at radius 1 is 1.11 bits per heavy atom. The number of carbonyl (C=O) groups excluding carboxylic acids is 2. The number of likely N-dealkylation sites (tertiary alicyclic amines) is 1. The molecule has 2 unspecified atom stereocenters. The van der Waals surface area contributed by atoms with Crippen molar-refractivity contribution in [3.8, 4) is 0 Å². The second-order valence-corrected chi connectivity index (χ2v) is 5.50. The summed E-state index contributed by atoms with van der Waals surface area (Å²) in [5.74, 6) is -0.395. The maximum absolute atomic E-state index is 12.0. The van der Waals surface area contributed by atoms with E-state index in [4.69, 9.17) is 4.74 Å². The summed E-state index contributed by atoms with van der Waals surface area (Å²) in [6.45, 7) is 0.335. The average molecular weight is 310 g/mol. The molecule has 2 bridgehead atoms. The van der Waals surface area contributed by atoms with Gasteiger partial charge in [-0.1, -0.05) is 28.1 Å². The van der Waals surface area contributed by atoms with Crippen LogP contribution in [0.2, 0.25) is 0 Å². The third kappa shape index (κ3) is 1.97. The molecule has 2 aliphatic heterocycles. The van der Waals surface area contributed by atoms with Gasteiger partial charge in [0.25, 0.3) is 11.8 Å². The molecular weight excluding hydrogens is 298 g/mol. The van der Waals surface area contributed by atoms with E-state index in [9.17, 15) is 9.59 Å². The first kappa shape index (κ1) is 11.9. The Kier molecular flexibility index (Phi) is 2.95. The number of carbonyl (C=O) groups is 2. The molecule has 0 N–H and O–H groups in total. The van der Waals surface area contributed by atoms with Gasteiger partial charge in [0, 0.05) is 4.47 Å². The summed E-state index contributed by atoms with van der Waals surface area (Å²) in [5.41, 5.74) is 0.946. The van der Waals surface area contributed by atoms with Gasteiger partial charge in [-0.3, -0.25) is 14.5 Å². The number of benzene rings is 1. The predicted molar refractivity (Wildman–Crippen MR) is 67.6 cm³/mol. The monoisotopic (exact) mass is 309 g/mol. The molecule has 2 saturated heterocycles. The van der Waals surface area contributed by atoms with Gasteiger partial charge < -0.3 is 4.74 Å². The maximum atomic E-state index is 12.0. The molecule has 2 atom stereocenters. The van der Waals surface area contributed by atoms with Gasteiger partial charge in [-0.25, -0.2) is 0 Å². The van der Waals surface area contributed by atoms with Gasteiger partial charge in [-0.05, 0) is 30.5 Å². The summed E-state index contributed by atoms with van der Waals surface area (Å²) in [5, 5.41) is 0. The van der Waals surface area contributed by atoms with Gasteiger partial charge in [0.1, 0.15) is 12.2 Å². The number of morpholine rings is 1. The second-order valence-electron chi connectivity index (χ2n) is 4.58. The number of hydrogen-bond donors (Lipinski definition) is 0. The van der Waals surface area contributed by atoms with Crippen LogP contribution in [0.15, 0.2) is 28.7 Å². The summed E-state index contributed by atoms with van der Waals surface area (Å²) in [6.07, 6.45) is 0.490. The summed E-state index contributed by atoms with van der Waals surface area (Å²) in [6, 6.07) is 7.61. The molecule has 1 aromatic carbocycles. The number of nitrogens with zero attached hydrogens (tertiary/aromatic N) is 1. The predicted octanol–water partition coefficient (Wildman–Crippen LogP) is 1.87. The molecule has 0 saturated carbocycles. The normalized spacial score (nSPS) is 26.8. The van der Waals surface area contributed by atoms with Crippen LogP contribution in [0.1, 0.15) is 18.4 Å². The minimum Gasteiger partial charge on any atom is -0.355 e. The first-order valence-electron chi connectivity index (χ1n) is 5.90. The van der Waals surface area contributed by atoms with Crippen LogP contribution in [0, 0.1) is 0 Å². The fraction of sp³-hybridized carbons (Fsp3) is 0.385. The van der Waals surface area contributed by atoms with E-state index in [1.165, 1.54) is 4.90 Å². The Morgan fingerprint density at radius 3 is 2.22 bits per heavy atom. The fourth-order valence-electron chi connectivity index (χ4n) is 2.38. The highest BCUT2D eigenvalue weighted by Gasteiger charge is 2.46. The minimum absolute atomic E-state index is 0.198. The van der Waals surface area contributed by atoms with Gasteiger partial charge >= 0.3 is 0 Å². The zero-order valence-corrected chi connectivity index (χ0v) is 11.2. The first-order chi connectivity index (χ1) is 8.65. The molecule has 4 nitrogen and oxygen atoms in total. The highest BCUT2D eigenvalue weighted by atomic mass is 79.9. The average Bonchev–Trinajstić information content (AvgIpc) is 2.82. The van der Waals surface area contributed by atoms with Crippen LogP contribution in [0.5, 0.6) is 0 Å². The minimum atomic E-state index is -0.414. The second kappa shape index (κ2) is 4.48. The van der Waals surface area contributed by atoms with Crippen molar-refractivity contribution in [3.63, 3.8) is 0 Å². The molecule has 94 valence electrons. The zero-order valence-electron chi connectivity index (χ0n) is 9.64. The summed E-state index contributed by atoms with van der Waals surface area (Å²) in [4.78, 5) is 25.4. The third-order valence-electron chi connectivity index (χ3n) is 3.36. The largest absolute Gasteiger partial charge is 0.355 e. The lowest BCUT2D eigenvalue weighted by Gasteiger charge is -2.29. The van der Waals surface area contributed by atoms with Crippen molar-refractivity contribution in [2.45, 2.75) is 31.6 Å². The molecule has 0 radical (unpaired) electrons. The van der Waals surface area contributed by atoms with Crippen LogP contribution in [-0.2, 0) is 20.9 Å². The molecular formula is C13H12BrNO3. The van der Waals surface area contributed by atoms with Gasteiger partial charge in [-0.15, -0.1) is 0 Å². The number of fused-ring (bicyclic) bond motifs is 2. The SMILES string of the molecule is O=C1C2CCC(O2)C(=O)N1Cc1ccc(Br)cc1. The molecule has 2 aliphatic rings. The fourth-order valence-corrected chi connectivity index (χ4v) is 2.65. The number of amides is 2. The van der Waals surface area contributed by atoms with Crippen molar-refractivity contribution in [3.05, 3.63) is 34.3 Å². The number of ether oxygens (including phenoxy) is 1. The highest BCUT2D eigenvalue weighted by Crippen LogP contribution is 2.29. The molecule has 1 aromatic rings. The van der Waals surface area contributed by atoms with Crippen molar-refractivity contribution in [2.75, 3.05) is 0 Å². The Hall–Kier alpha value is -1.20. The van der Waals surface area contributed by atoms with Crippen molar-refractivity contribution in [2.24, 2.45) is 0 Å². The Bertz CT molecular complexity index is 477. The molecule has 18 heavy (non-hydrogen) atoms. The highest BCUT2D eigenvalue weighted by molar-refractivity contribution is 9.10. The lowest BCUT2D eigenvalue weighted by atomic mass is 10.2. The van der Waals surface area contributed by atoms with Crippen molar-refractivity contribution in [1.82, 2.24) is 4.90 Å². The molecule has 2 heterocycles. The first-order valence-corrected chi connectivity index (χ1v) is 6.69. The van der Waals surface area contributed by atoms with Crippen LogP contribution >= 0.6 is 15.9 Å². The van der Waals surface area contributed by atoms with E-state index in [2.05, 4.69) is 15.9 Å². The Balaban J connectivity index is 1.81. The molecule has 0 spiro atoms. The lowest BCUT2D eigenvalue weighted by Crippen LogP contribution is -2.51. The molecule has 2 amide bonds. The molecule has 5 heteroatoms. The van der Waals surface area contributed by atoms with E-state index in [-0.39, 0.29) is 11.8 Å². The van der Waals surface area contributed by atoms with E-state index in [1.54, 1.807) is 0 Å². The van der Waals surface area contributed by atoms with Gasteiger partial charge in [0.2, 0.25) is 0 Å². The standard InChI is InChI=1S/C13H12BrNO3/c14-9-3-1-8(2-4-9)7-15-12(16)10-5-6-11(18-10)13(15)17/h1-4,10-11H,5-7H2. The van der Waals surface area contributed by atoms with E-state index in [0.717, 1.165) is 10.0 Å². The lowest BCUT2D eigenvalue weighted by molar-refractivity contribution is -0.169. The quantitative estimate of drug-likeness (QED) is 0.784. The van der Waals surface area contributed by atoms with Crippen molar-refractivity contribution >= 4 is 27.7 Å². The van der Waals surface area contributed by atoms with E-state index in [1.807, 2.05) is 24.3 Å². The Labute approximate surface area is 113 Å².